The number of aryl methyl sites for hydroxylation is 1. The molecule has 1 aromatic heterocycles. The van der Waals surface area contributed by atoms with Gasteiger partial charge >= 0.3 is 5.97 Å². The molecule has 0 radical (unpaired) electrons. The minimum Gasteiger partial charge on any atom is -0.420 e. The van der Waals surface area contributed by atoms with Crippen LogP contribution in [0.5, 0.6) is 5.75 Å². The summed E-state index contributed by atoms with van der Waals surface area (Å²) in [5.41, 5.74) is 2.30. The fraction of sp³-hybridized carbons (Fsp3) is 0.0833. The number of para-hydroxylation sites is 3. The highest BCUT2D eigenvalue weighted by Crippen LogP contribution is 2.35. The average molecular weight is 526 g/mol. The highest BCUT2D eigenvalue weighted by atomic mass is 79.9. The van der Waals surface area contributed by atoms with E-state index in [0.29, 0.717) is 33.2 Å². The van der Waals surface area contributed by atoms with Gasteiger partial charge in [0.05, 0.1) is 25.3 Å². The van der Waals surface area contributed by atoms with Gasteiger partial charge in [0.1, 0.15) is 5.94 Å². The molecule has 4 nitrogen and oxygen atoms in total. The molecule has 6 heteroatoms. The number of pyridine rings is 1. The summed E-state index contributed by atoms with van der Waals surface area (Å²) in [4.78, 5) is 24.0. The van der Waals surface area contributed by atoms with Gasteiger partial charge < -0.3 is 4.74 Å². The Kier molecular flexibility index (Phi) is 6.09. The number of hydrogen-bond donors (Lipinski definition) is 0. The van der Waals surface area contributed by atoms with E-state index < -0.39 is 5.97 Å². The number of esters is 1. The molecule has 0 spiro atoms. The van der Waals surface area contributed by atoms with Crippen LogP contribution in [-0.4, -0.2) is 11.9 Å². The third kappa shape index (κ3) is 3.82. The number of allylic oxidation sites excluding steroid dienone is 1. The van der Waals surface area contributed by atoms with Crippen LogP contribution in [-0.2, 0) is 11.3 Å². The van der Waals surface area contributed by atoms with Crippen molar-refractivity contribution in [1.29, 1.82) is 0 Å². The number of fused-ring (bicyclic) bond motifs is 2. The normalized spacial score (nSPS) is 10.7. The van der Waals surface area contributed by atoms with E-state index in [1.165, 1.54) is 6.08 Å². The first-order chi connectivity index (χ1) is 14.6. The molecular formula is C24H16Br2NO3+. The Labute approximate surface area is 190 Å². The van der Waals surface area contributed by atoms with Crippen LogP contribution in [0.3, 0.4) is 0 Å². The predicted molar refractivity (Wildman–Crippen MR) is 123 cm³/mol. The number of nitrogens with zero attached hydrogens (tertiary/aromatic N) is 1. The van der Waals surface area contributed by atoms with Gasteiger partial charge in [-0.05, 0) is 56.1 Å². The van der Waals surface area contributed by atoms with Crippen LogP contribution in [0.15, 0.2) is 81.8 Å². The van der Waals surface area contributed by atoms with Gasteiger partial charge in [0.15, 0.2) is 12.3 Å². The summed E-state index contributed by atoms with van der Waals surface area (Å²) in [5.74, 6) is 1.83. The minimum absolute atomic E-state index is 0.434. The monoisotopic (exact) mass is 524 g/mol. The lowest BCUT2D eigenvalue weighted by atomic mass is 10.0. The summed E-state index contributed by atoms with van der Waals surface area (Å²) in [5, 5.41) is 1.58. The van der Waals surface area contributed by atoms with Crippen LogP contribution in [0, 0.1) is 0 Å². The molecule has 0 aliphatic carbocycles. The molecule has 0 amide bonds. The Morgan fingerprint density at radius 1 is 0.900 bits per heavy atom. The first-order valence-electron chi connectivity index (χ1n) is 9.30. The van der Waals surface area contributed by atoms with E-state index in [1.54, 1.807) is 0 Å². The van der Waals surface area contributed by atoms with E-state index in [4.69, 9.17) is 4.74 Å². The summed E-state index contributed by atoms with van der Waals surface area (Å²) in [7, 11) is 0. The third-order valence-corrected chi connectivity index (χ3v) is 6.08. The van der Waals surface area contributed by atoms with Crippen LogP contribution in [0.4, 0.5) is 0 Å². The zero-order chi connectivity index (χ0) is 21.1. The Morgan fingerprint density at radius 3 is 2.03 bits per heavy atom. The van der Waals surface area contributed by atoms with E-state index >= 15 is 0 Å². The molecule has 1 heterocycles. The van der Waals surface area contributed by atoms with Crippen molar-refractivity contribution in [2.24, 2.45) is 0 Å². The molecule has 0 bridgehead atoms. The molecule has 3 aromatic carbocycles. The molecule has 0 saturated carbocycles. The number of benzene rings is 3. The number of carbonyl (C=O) groups is 1. The zero-order valence-corrected chi connectivity index (χ0v) is 18.9. The molecule has 0 unspecified atom stereocenters. The smallest absolute Gasteiger partial charge is 0.345 e. The largest absolute Gasteiger partial charge is 0.420 e. The Balaban J connectivity index is 1.94. The van der Waals surface area contributed by atoms with Crippen LogP contribution in [0.25, 0.3) is 21.8 Å². The van der Waals surface area contributed by atoms with Crippen molar-refractivity contribution in [3.63, 3.8) is 0 Å². The quantitative estimate of drug-likeness (QED) is 0.109. The zero-order valence-electron chi connectivity index (χ0n) is 15.8. The maximum Gasteiger partial charge on any atom is 0.345 e. The van der Waals surface area contributed by atoms with Gasteiger partial charge in [0.2, 0.25) is 11.0 Å². The lowest BCUT2D eigenvalue weighted by molar-refractivity contribution is -0.644. The van der Waals surface area contributed by atoms with E-state index in [2.05, 4.69) is 36.4 Å². The van der Waals surface area contributed by atoms with Crippen molar-refractivity contribution in [2.45, 2.75) is 13.0 Å². The Morgan fingerprint density at radius 2 is 1.47 bits per heavy atom. The number of aromatic nitrogens is 1. The SMILES string of the molecule is O=C=CCC[n+]1c2ccccc2c(C(=O)Oc2c(Br)cccc2Br)c2ccccc21. The predicted octanol–water partition coefficient (Wildman–Crippen LogP) is 5.80. The molecule has 30 heavy (non-hydrogen) atoms. The van der Waals surface area contributed by atoms with E-state index in [0.717, 1.165) is 21.8 Å². The molecule has 0 N–H and O–H groups in total. The van der Waals surface area contributed by atoms with Gasteiger partial charge in [-0.2, -0.15) is 4.57 Å². The highest BCUT2D eigenvalue weighted by molar-refractivity contribution is 9.11. The van der Waals surface area contributed by atoms with Gasteiger partial charge in [-0.3, -0.25) is 0 Å². The Bertz CT molecular complexity index is 1250. The van der Waals surface area contributed by atoms with Gasteiger partial charge in [-0.15, -0.1) is 0 Å². The van der Waals surface area contributed by atoms with E-state index in [9.17, 15) is 9.59 Å². The number of halogens is 2. The van der Waals surface area contributed by atoms with Crippen LogP contribution in [0.2, 0.25) is 0 Å². The van der Waals surface area contributed by atoms with Crippen molar-refractivity contribution in [1.82, 2.24) is 0 Å². The number of rotatable bonds is 5. The molecule has 0 atom stereocenters. The summed E-state index contributed by atoms with van der Waals surface area (Å²) >= 11 is 6.90. The second-order valence-corrected chi connectivity index (χ2v) is 8.32. The molecule has 0 aliphatic heterocycles. The summed E-state index contributed by atoms with van der Waals surface area (Å²) < 4.78 is 9.30. The van der Waals surface area contributed by atoms with Crippen molar-refractivity contribution in [2.75, 3.05) is 0 Å². The Hall–Kier alpha value is -2.79. The molecule has 148 valence electrons. The average Bonchev–Trinajstić information content (AvgIpc) is 2.76. The van der Waals surface area contributed by atoms with E-state index in [1.807, 2.05) is 72.7 Å². The summed E-state index contributed by atoms with van der Waals surface area (Å²) in [6.07, 6.45) is 2.03. The maximum absolute atomic E-state index is 13.4. The van der Waals surface area contributed by atoms with Crippen molar-refractivity contribution in [3.8, 4) is 5.75 Å². The van der Waals surface area contributed by atoms with Gasteiger partial charge in [-0.1, -0.05) is 30.3 Å². The number of hydrogen-bond acceptors (Lipinski definition) is 3. The first kappa shape index (κ1) is 20.5. The molecule has 0 saturated heterocycles. The standard InChI is InChI=1S/C24H16Br2NO3/c25-18-10-7-11-19(26)23(18)30-24(29)22-16-8-1-3-12-20(16)27(14-5-6-15-28)21-13-4-2-9-17(21)22/h1-4,6-13H,5,14H2/q+1. The summed E-state index contributed by atoms with van der Waals surface area (Å²) in [6, 6.07) is 20.9. The van der Waals surface area contributed by atoms with Crippen molar-refractivity contribution >= 4 is 65.6 Å². The van der Waals surface area contributed by atoms with E-state index in [-0.39, 0.29) is 0 Å². The van der Waals surface area contributed by atoms with Crippen LogP contribution >= 0.6 is 31.9 Å². The molecular weight excluding hydrogens is 510 g/mol. The number of ether oxygens (including phenoxy) is 1. The van der Waals surface area contributed by atoms with Gasteiger partial charge in [0.25, 0.3) is 0 Å². The molecule has 4 aromatic rings. The molecule has 0 aliphatic rings. The van der Waals surface area contributed by atoms with Crippen LogP contribution in [0.1, 0.15) is 16.8 Å². The number of carbonyl (C=O) groups excluding carboxylic acids is 2. The first-order valence-corrected chi connectivity index (χ1v) is 10.9. The lowest BCUT2D eigenvalue weighted by Crippen LogP contribution is -2.36. The second-order valence-electron chi connectivity index (χ2n) is 6.61. The van der Waals surface area contributed by atoms with Crippen LogP contribution < -0.4 is 9.30 Å². The van der Waals surface area contributed by atoms with Gasteiger partial charge in [-0.25, -0.2) is 9.59 Å². The topological polar surface area (TPSA) is 47.2 Å². The van der Waals surface area contributed by atoms with Crippen molar-refractivity contribution < 1.29 is 18.9 Å². The molecule has 4 rings (SSSR count). The lowest BCUT2D eigenvalue weighted by Gasteiger charge is -2.13. The second kappa shape index (κ2) is 8.92. The van der Waals surface area contributed by atoms with Crippen molar-refractivity contribution in [3.05, 3.63) is 87.3 Å². The highest BCUT2D eigenvalue weighted by Gasteiger charge is 2.25. The minimum atomic E-state index is -0.435. The maximum atomic E-state index is 13.4. The molecule has 0 fully saturated rings. The fourth-order valence-electron chi connectivity index (χ4n) is 3.55. The third-order valence-electron chi connectivity index (χ3n) is 4.83. The fourth-order valence-corrected chi connectivity index (χ4v) is 4.71. The summed E-state index contributed by atoms with van der Waals surface area (Å²) in [6.45, 7) is 0.599. The van der Waals surface area contributed by atoms with Gasteiger partial charge in [0, 0.05) is 24.6 Å².